The Labute approximate surface area is 192 Å². The number of hydrogen-bond acceptors (Lipinski definition) is 4. The first kappa shape index (κ1) is 24.0. The largest absolute Gasteiger partial charge is 0.433 e. The number of anilines is 1. The Balaban J connectivity index is 1.50. The van der Waals surface area contributed by atoms with Crippen LogP contribution in [-0.4, -0.2) is 21.5 Å². The number of benzene rings is 1. The predicted octanol–water partition coefficient (Wildman–Crippen LogP) is 6.27. The van der Waals surface area contributed by atoms with Gasteiger partial charge in [0, 0.05) is 25.2 Å². The lowest BCUT2D eigenvalue weighted by Crippen LogP contribution is -2.25. The number of aromatic nitrogens is 3. The second-order valence-electron chi connectivity index (χ2n) is 8.37. The summed E-state index contributed by atoms with van der Waals surface area (Å²) in [5, 5.41) is 0. The molecule has 0 N–H and O–H groups in total. The maximum atomic E-state index is 15.3. The fourth-order valence-corrected chi connectivity index (χ4v) is 4.14. The van der Waals surface area contributed by atoms with Crippen LogP contribution in [0.5, 0.6) is 0 Å². The van der Waals surface area contributed by atoms with Crippen molar-refractivity contribution in [1.29, 1.82) is 0 Å². The summed E-state index contributed by atoms with van der Waals surface area (Å²) in [5.41, 5.74) is 0.397. The van der Waals surface area contributed by atoms with Gasteiger partial charge in [-0.05, 0) is 42.9 Å². The molecular weight excluding hydrogens is 458 g/mol. The summed E-state index contributed by atoms with van der Waals surface area (Å²) < 4.78 is 80.4. The van der Waals surface area contributed by atoms with E-state index < -0.39 is 23.6 Å². The van der Waals surface area contributed by atoms with Crippen molar-refractivity contribution in [1.82, 2.24) is 15.0 Å². The average molecular weight is 480 g/mol. The smallest absolute Gasteiger partial charge is 0.347 e. The topological polar surface area (TPSA) is 41.9 Å². The number of pyridine rings is 1. The van der Waals surface area contributed by atoms with Gasteiger partial charge in [-0.1, -0.05) is 30.3 Å². The highest BCUT2D eigenvalue weighted by molar-refractivity contribution is 5.46. The van der Waals surface area contributed by atoms with Crippen molar-refractivity contribution in [2.75, 3.05) is 11.4 Å². The molecule has 180 valence electrons. The normalized spacial score (nSPS) is 16.8. The van der Waals surface area contributed by atoms with Gasteiger partial charge in [-0.25, -0.2) is 23.1 Å². The molecule has 34 heavy (non-hydrogen) atoms. The first-order valence-corrected chi connectivity index (χ1v) is 10.8. The van der Waals surface area contributed by atoms with Crippen molar-refractivity contribution < 1.29 is 26.3 Å². The standard InChI is InChI=1S/C24H22F6N4/c1-23(26,27)17-8-6-16(7-9-17)19-3-2-12-34(19)22-21(25)18(32-14-33-22)10-4-15-5-11-20(31-13-15)24(28,29)30/h5-9,11,13-14,19H,2-4,10,12H2,1H3. The van der Waals surface area contributed by atoms with Gasteiger partial charge in [0.15, 0.2) is 11.6 Å². The summed E-state index contributed by atoms with van der Waals surface area (Å²) in [6.07, 6.45) is -0.208. The Morgan fingerprint density at radius 1 is 0.941 bits per heavy atom. The van der Waals surface area contributed by atoms with Crippen molar-refractivity contribution in [2.45, 2.75) is 50.7 Å². The molecule has 0 spiro atoms. The quantitative estimate of drug-likeness (QED) is 0.390. The molecular formula is C24H22F6N4. The van der Waals surface area contributed by atoms with E-state index in [0.717, 1.165) is 37.6 Å². The summed E-state index contributed by atoms with van der Waals surface area (Å²) in [6.45, 7) is 1.38. The Morgan fingerprint density at radius 3 is 2.29 bits per heavy atom. The Bertz CT molecular complexity index is 1120. The van der Waals surface area contributed by atoms with E-state index >= 15 is 4.39 Å². The molecule has 1 aliphatic heterocycles. The third kappa shape index (κ3) is 5.15. The first-order chi connectivity index (χ1) is 16.0. The molecule has 3 heterocycles. The molecule has 10 heteroatoms. The van der Waals surface area contributed by atoms with Crippen LogP contribution in [0.4, 0.5) is 32.2 Å². The van der Waals surface area contributed by atoms with Crippen LogP contribution in [0.2, 0.25) is 0 Å². The van der Waals surface area contributed by atoms with Crippen LogP contribution in [0.3, 0.4) is 0 Å². The number of aryl methyl sites for hydroxylation is 2. The van der Waals surface area contributed by atoms with Gasteiger partial charge in [0.05, 0.1) is 11.7 Å². The zero-order chi connectivity index (χ0) is 24.5. The van der Waals surface area contributed by atoms with E-state index in [1.807, 2.05) is 0 Å². The summed E-state index contributed by atoms with van der Waals surface area (Å²) in [5.74, 6) is -3.40. The lowest BCUT2D eigenvalue weighted by atomic mass is 10.0. The molecule has 3 aromatic rings. The predicted molar refractivity (Wildman–Crippen MR) is 114 cm³/mol. The summed E-state index contributed by atoms with van der Waals surface area (Å²) >= 11 is 0. The second kappa shape index (κ2) is 9.23. The van der Waals surface area contributed by atoms with E-state index in [2.05, 4.69) is 15.0 Å². The zero-order valence-electron chi connectivity index (χ0n) is 18.3. The van der Waals surface area contributed by atoms with Crippen LogP contribution in [0.1, 0.15) is 53.9 Å². The van der Waals surface area contributed by atoms with Crippen molar-refractivity contribution in [2.24, 2.45) is 0 Å². The molecule has 0 radical (unpaired) electrons. The molecule has 0 bridgehead atoms. The van der Waals surface area contributed by atoms with Crippen LogP contribution in [0, 0.1) is 5.82 Å². The van der Waals surface area contributed by atoms with Crippen molar-refractivity contribution >= 4 is 5.82 Å². The average Bonchev–Trinajstić information content (AvgIpc) is 3.27. The number of nitrogens with zero attached hydrogens (tertiary/aromatic N) is 4. The SMILES string of the molecule is CC(F)(F)c1ccc(C2CCCN2c2ncnc(CCc3ccc(C(F)(F)F)nc3)c2F)cc1. The van der Waals surface area contributed by atoms with E-state index in [9.17, 15) is 22.0 Å². The molecule has 1 fully saturated rings. The van der Waals surface area contributed by atoms with E-state index in [1.54, 1.807) is 17.0 Å². The molecule has 1 atom stereocenters. The van der Waals surface area contributed by atoms with Gasteiger partial charge in [-0.2, -0.15) is 13.2 Å². The molecule has 1 unspecified atom stereocenters. The molecule has 2 aromatic heterocycles. The molecule has 0 amide bonds. The highest BCUT2D eigenvalue weighted by Crippen LogP contribution is 2.38. The minimum absolute atomic E-state index is 0.0888. The lowest BCUT2D eigenvalue weighted by Gasteiger charge is -2.27. The maximum absolute atomic E-state index is 15.3. The molecule has 1 aromatic carbocycles. The zero-order valence-corrected chi connectivity index (χ0v) is 18.3. The van der Waals surface area contributed by atoms with Gasteiger partial charge in [-0.3, -0.25) is 4.98 Å². The number of rotatable bonds is 6. The lowest BCUT2D eigenvalue weighted by molar-refractivity contribution is -0.141. The minimum Gasteiger partial charge on any atom is -0.347 e. The fraction of sp³-hybridized carbons (Fsp3) is 0.375. The molecule has 0 aliphatic carbocycles. The van der Waals surface area contributed by atoms with Gasteiger partial charge in [0.1, 0.15) is 12.0 Å². The van der Waals surface area contributed by atoms with Crippen molar-refractivity contribution in [3.8, 4) is 0 Å². The summed E-state index contributed by atoms with van der Waals surface area (Å²) in [7, 11) is 0. The highest BCUT2D eigenvalue weighted by Gasteiger charge is 2.33. The van der Waals surface area contributed by atoms with Gasteiger partial charge < -0.3 is 4.90 Å². The molecule has 0 saturated carbocycles. The van der Waals surface area contributed by atoms with E-state index in [1.165, 1.54) is 24.5 Å². The third-order valence-electron chi connectivity index (χ3n) is 5.94. The van der Waals surface area contributed by atoms with Crippen LogP contribution >= 0.6 is 0 Å². The molecule has 1 aliphatic rings. The van der Waals surface area contributed by atoms with Gasteiger partial charge in [0.25, 0.3) is 5.92 Å². The second-order valence-corrected chi connectivity index (χ2v) is 8.37. The minimum atomic E-state index is -4.52. The highest BCUT2D eigenvalue weighted by atomic mass is 19.4. The van der Waals surface area contributed by atoms with Crippen molar-refractivity contribution in [3.63, 3.8) is 0 Å². The summed E-state index contributed by atoms with van der Waals surface area (Å²) in [4.78, 5) is 13.4. The van der Waals surface area contributed by atoms with E-state index in [-0.39, 0.29) is 36.0 Å². The molecule has 4 rings (SSSR count). The molecule has 1 saturated heterocycles. The maximum Gasteiger partial charge on any atom is 0.433 e. The van der Waals surface area contributed by atoms with Crippen LogP contribution < -0.4 is 4.90 Å². The van der Waals surface area contributed by atoms with Gasteiger partial charge >= 0.3 is 6.18 Å². The van der Waals surface area contributed by atoms with Gasteiger partial charge in [-0.15, -0.1) is 0 Å². The monoisotopic (exact) mass is 480 g/mol. The Morgan fingerprint density at radius 2 is 1.68 bits per heavy atom. The Kier molecular flexibility index (Phi) is 6.51. The van der Waals surface area contributed by atoms with E-state index in [4.69, 9.17) is 0 Å². The van der Waals surface area contributed by atoms with Crippen molar-refractivity contribution in [3.05, 3.63) is 82.8 Å². The van der Waals surface area contributed by atoms with E-state index in [0.29, 0.717) is 12.1 Å². The Hall–Kier alpha value is -3.17. The molecule has 4 nitrogen and oxygen atoms in total. The van der Waals surface area contributed by atoms with Crippen LogP contribution in [0.25, 0.3) is 0 Å². The first-order valence-electron chi connectivity index (χ1n) is 10.8. The third-order valence-corrected chi connectivity index (χ3v) is 5.94. The van der Waals surface area contributed by atoms with Gasteiger partial charge in [0.2, 0.25) is 0 Å². The number of halogens is 6. The van der Waals surface area contributed by atoms with Crippen LogP contribution in [-0.2, 0) is 24.9 Å². The fourth-order valence-electron chi connectivity index (χ4n) is 4.14. The van der Waals surface area contributed by atoms with Crippen LogP contribution in [0.15, 0.2) is 48.9 Å². The summed E-state index contributed by atoms with van der Waals surface area (Å²) in [6, 6.07) is 8.02. The number of alkyl halides is 5. The number of hydrogen-bond donors (Lipinski definition) is 0.